The summed E-state index contributed by atoms with van der Waals surface area (Å²) in [7, 11) is 0. The zero-order valence-corrected chi connectivity index (χ0v) is 15.4. The van der Waals surface area contributed by atoms with Gasteiger partial charge in [-0.2, -0.15) is 0 Å². The average molecular weight is 346 g/mol. The van der Waals surface area contributed by atoms with E-state index in [2.05, 4.69) is 74.5 Å². The van der Waals surface area contributed by atoms with Crippen LogP contribution in [0.25, 0.3) is 0 Å². The number of ether oxygens (including phenoxy) is 1. The number of aliphatic hydroxyl groups excluding tert-OH is 1. The number of benzene rings is 3. The van der Waals surface area contributed by atoms with E-state index in [-0.39, 0.29) is 12.5 Å². The highest BCUT2D eigenvalue weighted by molar-refractivity contribution is 5.46. The molecule has 0 fully saturated rings. The lowest BCUT2D eigenvalue weighted by Crippen LogP contribution is -2.07. The highest BCUT2D eigenvalue weighted by atomic mass is 16.5. The number of aliphatic hydroxyl groups is 1. The molecule has 0 saturated carbocycles. The molecule has 1 N–H and O–H groups in total. The van der Waals surface area contributed by atoms with Crippen LogP contribution < -0.4 is 4.74 Å². The Morgan fingerprint density at radius 3 is 1.88 bits per heavy atom. The summed E-state index contributed by atoms with van der Waals surface area (Å²) >= 11 is 0. The smallest absolute Gasteiger partial charge is 0.123 e. The predicted molar refractivity (Wildman–Crippen MR) is 107 cm³/mol. The van der Waals surface area contributed by atoms with Crippen molar-refractivity contribution in [2.45, 2.75) is 25.7 Å². The van der Waals surface area contributed by atoms with Crippen molar-refractivity contribution >= 4 is 0 Å². The number of hydrogen-bond acceptors (Lipinski definition) is 2. The maximum Gasteiger partial charge on any atom is 0.123 e. The second-order valence-corrected chi connectivity index (χ2v) is 6.63. The second-order valence-electron chi connectivity index (χ2n) is 6.63. The van der Waals surface area contributed by atoms with Gasteiger partial charge in [0.25, 0.3) is 0 Å². The first-order valence-electron chi connectivity index (χ1n) is 9.18. The fraction of sp³-hybridized carbons (Fsp3) is 0.250. The Kier molecular flexibility index (Phi) is 6.08. The molecule has 0 radical (unpaired) electrons. The molecule has 2 heteroatoms. The van der Waals surface area contributed by atoms with Crippen LogP contribution in [0.4, 0.5) is 0 Å². The molecule has 134 valence electrons. The monoisotopic (exact) mass is 346 g/mol. The van der Waals surface area contributed by atoms with E-state index in [0.29, 0.717) is 12.5 Å². The highest BCUT2D eigenvalue weighted by Gasteiger charge is 2.17. The van der Waals surface area contributed by atoms with E-state index in [1.807, 2.05) is 18.2 Å². The third kappa shape index (κ3) is 4.14. The van der Waals surface area contributed by atoms with E-state index in [9.17, 15) is 0 Å². The molecule has 0 heterocycles. The minimum Gasteiger partial charge on any atom is -0.491 e. The van der Waals surface area contributed by atoms with Gasteiger partial charge in [-0.3, -0.25) is 0 Å². The minimum absolute atomic E-state index is 0.0152. The van der Waals surface area contributed by atoms with Crippen LogP contribution in [0.15, 0.2) is 78.9 Å². The zero-order valence-electron chi connectivity index (χ0n) is 15.4. The van der Waals surface area contributed by atoms with E-state index in [0.717, 1.165) is 11.3 Å². The van der Waals surface area contributed by atoms with Gasteiger partial charge < -0.3 is 9.84 Å². The Hall–Kier alpha value is -2.58. The summed E-state index contributed by atoms with van der Waals surface area (Å²) in [5.74, 6) is 1.37. The van der Waals surface area contributed by atoms with Gasteiger partial charge in [-0.05, 0) is 22.8 Å². The second kappa shape index (κ2) is 8.68. The first-order valence-corrected chi connectivity index (χ1v) is 9.18. The normalized spacial score (nSPS) is 13.2. The van der Waals surface area contributed by atoms with Gasteiger partial charge in [0.15, 0.2) is 0 Å². The Balaban J connectivity index is 1.99. The maximum atomic E-state index is 9.14. The molecule has 0 aliphatic rings. The third-order valence-corrected chi connectivity index (χ3v) is 4.95. The molecule has 0 spiro atoms. The van der Waals surface area contributed by atoms with Crippen LogP contribution in [0.3, 0.4) is 0 Å². The number of rotatable bonds is 7. The van der Waals surface area contributed by atoms with Crippen LogP contribution in [0.1, 0.15) is 47.9 Å². The molecule has 0 aliphatic carbocycles. The van der Waals surface area contributed by atoms with Gasteiger partial charge in [0.1, 0.15) is 12.4 Å². The summed E-state index contributed by atoms with van der Waals surface area (Å²) in [5, 5.41) is 9.14. The molecule has 3 rings (SSSR count). The molecular formula is C24H26O2. The first kappa shape index (κ1) is 18.2. The van der Waals surface area contributed by atoms with Gasteiger partial charge in [-0.15, -0.1) is 0 Å². The summed E-state index contributed by atoms with van der Waals surface area (Å²) < 4.78 is 5.82. The summed E-state index contributed by atoms with van der Waals surface area (Å²) in [6, 6.07) is 27.4. The van der Waals surface area contributed by atoms with Gasteiger partial charge in [-0.25, -0.2) is 0 Å². The molecule has 3 aromatic carbocycles. The Bertz CT molecular complexity index is 812. The third-order valence-electron chi connectivity index (χ3n) is 4.95. The van der Waals surface area contributed by atoms with E-state index < -0.39 is 0 Å². The Morgan fingerprint density at radius 1 is 0.731 bits per heavy atom. The molecule has 0 saturated heterocycles. The molecular weight excluding hydrogens is 320 g/mol. The highest BCUT2D eigenvalue weighted by Crippen LogP contribution is 2.35. The van der Waals surface area contributed by atoms with Crippen LogP contribution in [0, 0.1) is 0 Å². The van der Waals surface area contributed by atoms with Crippen LogP contribution in [0.2, 0.25) is 0 Å². The molecule has 2 atom stereocenters. The van der Waals surface area contributed by atoms with E-state index in [1.54, 1.807) is 0 Å². The van der Waals surface area contributed by atoms with Gasteiger partial charge >= 0.3 is 0 Å². The molecule has 0 aromatic heterocycles. The summed E-state index contributed by atoms with van der Waals surface area (Å²) in [6.45, 7) is 4.76. The van der Waals surface area contributed by atoms with Gasteiger partial charge in [0.2, 0.25) is 0 Å². The van der Waals surface area contributed by atoms with Crippen LogP contribution >= 0.6 is 0 Å². The summed E-state index contributed by atoms with van der Waals surface area (Å²) in [5.41, 5.74) is 4.98. The topological polar surface area (TPSA) is 29.5 Å². The lowest BCUT2D eigenvalue weighted by atomic mass is 9.87. The first-order chi connectivity index (χ1) is 12.7. The van der Waals surface area contributed by atoms with E-state index in [4.69, 9.17) is 9.84 Å². The van der Waals surface area contributed by atoms with Crippen LogP contribution in [0.5, 0.6) is 5.75 Å². The SMILES string of the molecule is CC(c1ccccc1)c1ccc(OCCO)c(C(C)c2ccccc2)c1. The van der Waals surface area contributed by atoms with Gasteiger partial charge in [-0.1, -0.05) is 86.6 Å². The van der Waals surface area contributed by atoms with Crippen LogP contribution in [-0.4, -0.2) is 18.3 Å². The van der Waals surface area contributed by atoms with Crippen molar-refractivity contribution in [2.24, 2.45) is 0 Å². The Labute approximate surface area is 156 Å². The summed E-state index contributed by atoms with van der Waals surface area (Å²) in [6.07, 6.45) is 0. The van der Waals surface area contributed by atoms with Crippen molar-refractivity contribution in [2.75, 3.05) is 13.2 Å². The van der Waals surface area contributed by atoms with Crippen molar-refractivity contribution in [1.82, 2.24) is 0 Å². The van der Waals surface area contributed by atoms with E-state index >= 15 is 0 Å². The molecule has 2 nitrogen and oxygen atoms in total. The van der Waals surface area contributed by atoms with E-state index in [1.165, 1.54) is 16.7 Å². The molecule has 0 bridgehead atoms. The fourth-order valence-electron chi connectivity index (χ4n) is 3.32. The van der Waals surface area contributed by atoms with Crippen molar-refractivity contribution < 1.29 is 9.84 Å². The molecule has 0 aliphatic heterocycles. The largest absolute Gasteiger partial charge is 0.491 e. The molecule has 2 unspecified atom stereocenters. The predicted octanol–water partition coefficient (Wildman–Crippen LogP) is 5.36. The van der Waals surface area contributed by atoms with Gasteiger partial charge in [0, 0.05) is 17.4 Å². The van der Waals surface area contributed by atoms with Crippen LogP contribution in [-0.2, 0) is 0 Å². The quantitative estimate of drug-likeness (QED) is 0.624. The molecule has 3 aromatic rings. The molecule has 26 heavy (non-hydrogen) atoms. The van der Waals surface area contributed by atoms with Gasteiger partial charge in [0.05, 0.1) is 6.61 Å². The van der Waals surface area contributed by atoms with Crippen molar-refractivity contribution in [3.63, 3.8) is 0 Å². The number of hydrogen-bond donors (Lipinski definition) is 1. The average Bonchev–Trinajstić information content (AvgIpc) is 2.72. The van der Waals surface area contributed by atoms with Crippen molar-refractivity contribution in [3.8, 4) is 5.75 Å². The van der Waals surface area contributed by atoms with Crippen molar-refractivity contribution in [3.05, 3.63) is 101 Å². The lowest BCUT2D eigenvalue weighted by molar-refractivity contribution is 0.200. The Morgan fingerprint density at radius 2 is 1.31 bits per heavy atom. The zero-order chi connectivity index (χ0) is 18.4. The standard InChI is InChI=1S/C24H26O2/c1-18(20-9-5-3-6-10-20)22-13-14-24(26-16-15-25)23(17-22)19(2)21-11-7-4-8-12-21/h3-14,17-19,25H,15-16H2,1-2H3. The van der Waals surface area contributed by atoms with Crippen molar-refractivity contribution in [1.29, 1.82) is 0 Å². The molecule has 0 amide bonds. The lowest BCUT2D eigenvalue weighted by Gasteiger charge is -2.21. The summed E-state index contributed by atoms with van der Waals surface area (Å²) in [4.78, 5) is 0. The maximum absolute atomic E-state index is 9.14. The fourth-order valence-corrected chi connectivity index (χ4v) is 3.32. The minimum atomic E-state index is 0.0152.